The summed E-state index contributed by atoms with van der Waals surface area (Å²) in [4.78, 5) is 30.9. The van der Waals surface area contributed by atoms with Gasteiger partial charge < -0.3 is 9.88 Å². The monoisotopic (exact) mass is 512 g/mol. The Bertz CT molecular complexity index is 1680. The van der Waals surface area contributed by atoms with Crippen molar-refractivity contribution in [2.75, 3.05) is 5.32 Å². The minimum atomic E-state index is -4.85. The molecule has 14 heteroatoms. The molecule has 0 aliphatic carbocycles. The lowest BCUT2D eigenvalue weighted by molar-refractivity contribution is -0.141. The van der Waals surface area contributed by atoms with Crippen LogP contribution in [0.4, 0.5) is 23.2 Å². The van der Waals surface area contributed by atoms with Crippen molar-refractivity contribution >= 4 is 11.6 Å². The van der Waals surface area contributed by atoms with E-state index >= 15 is 0 Å². The van der Waals surface area contributed by atoms with Crippen LogP contribution in [0.1, 0.15) is 22.0 Å². The molecule has 0 spiro atoms. The Hall–Kier alpha value is -5.01. The van der Waals surface area contributed by atoms with Gasteiger partial charge in [-0.2, -0.15) is 23.4 Å². The van der Waals surface area contributed by atoms with Gasteiger partial charge in [0.2, 0.25) is 0 Å². The Balaban J connectivity index is 1.51. The number of hydrogen-bond donors (Lipinski definition) is 3. The van der Waals surface area contributed by atoms with Crippen molar-refractivity contribution in [1.82, 2.24) is 34.5 Å². The van der Waals surface area contributed by atoms with Crippen molar-refractivity contribution in [1.29, 1.82) is 0 Å². The zero-order valence-corrected chi connectivity index (χ0v) is 18.8. The molecule has 2 aromatic carbocycles. The third kappa shape index (κ3) is 4.63. The van der Waals surface area contributed by atoms with Crippen molar-refractivity contribution in [3.63, 3.8) is 0 Å². The summed E-state index contributed by atoms with van der Waals surface area (Å²) in [5.41, 5.74) is -1.75. The fraction of sp³-hybridized carbons (Fsp3) is 0.0870. The summed E-state index contributed by atoms with van der Waals surface area (Å²) >= 11 is 0. The lowest BCUT2D eigenvalue weighted by atomic mass is 10.2. The molecule has 37 heavy (non-hydrogen) atoms. The average Bonchev–Trinajstić information content (AvgIpc) is 3.60. The highest BCUT2D eigenvalue weighted by Crippen LogP contribution is 2.31. The van der Waals surface area contributed by atoms with Gasteiger partial charge in [0.05, 0.1) is 11.4 Å². The number of nitrogens with one attached hydrogen (secondary N) is 3. The maximum absolute atomic E-state index is 14.8. The van der Waals surface area contributed by atoms with Gasteiger partial charge in [0.25, 0.3) is 5.91 Å². The summed E-state index contributed by atoms with van der Waals surface area (Å²) in [7, 11) is 0. The first-order valence-corrected chi connectivity index (χ1v) is 10.6. The molecule has 0 saturated heterocycles. The van der Waals surface area contributed by atoms with E-state index in [4.69, 9.17) is 0 Å². The van der Waals surface area contributed by atoms with Crippen LogP contribution in [0.2, 0.25) is 0 Å². The molecular weight excluding hydrogens is 496 g/mol. The molecule has 5 aromatic rings. The number of nitrogens with zero attached hydrogens (tertiary/aromatic N) is 5. The van der Waals surface area contributed by atoms with Crippen LogP contribution in [-0.4, -0.2) is 40.4 Å². The second-order valence-corrected chi connectivity index (χ2v) is 7.86. The summed E-state index contributed by atoms with van der Waals surface area (Å²) in [6, 6.07) is 10.4. The Kier molecular flexibility index (Phi) is 5.70. The van der Waals surface area contributed by atoms with Crippen LogP contribution in [-0.2, 0) is 6.18 Å². The van der Waals surface area contributed by atoms with Crippen LogP contribution in [0.5, 0.6) is 0 Å². The summed E-state index contributed by atoms with van der Waals surface area (Å²) < 4.78 is 57.7. The molecule has 0 unspecified atom stereocenters. The number of aromatic nitrogens is 7. The Morgan fingerprint density at radius 1 is 1.08 bits per heavy atom. The van der Waals surface area contributed by atoms with E-state index in [0.29, 0.717) is 23.1 Å². The van der Waals surface area contributed by atoms with Crippen molar-refractivity contribution in [3.8, 4) is 22.8 Å². The molecule has 0 bridgehead atoms. The lowest BCUT2D eigenvalue weighted by Gasteiger charge is -2.11. The number of H-pyrrole nitrogens is 2. The Morgan fingerprint density at radius 3 is 2.54 bits per heavy atom. The summed E-state index contributed by atoms with van der Waals surface area (Å²) in [5, 5.41) is 11.8. The third-order valence-electron chi connectivity index (χ3n) is 5.40. The first-order valence-electron chi connectivity index (χ1n) is 10.6. The molecule has 10 nitrogen and oxygen atoms in total. The number of carbonyl (C=O) groups is 1. The SMILES string of the molecule is Cc1nccn1-c1ccc(NC(=O)c2cc(C(F)(F)F)nn2-c2cccc(-c3n[nH]c(=O)[nH]3)c2)c(F)c1. The number of aryl methyl sites for hydroxylation is 1. The molecule has 0 saturated carbocycles. The van der Waals surface area contributed by atoms with Crippen molar-refractivity contribution in [2.45, 2.75) is 13.1 Å². The number of imidazole rings is 1. The fourth-order valence-corrected chi connectivity index (χ4v) is 3.66. The Labute approximate surface area is 204 Å². The molecule has 3 heterocycles. The van der Waals surface area contributed by atoms with E-state index in [2.05, 4.69) is 30.6 Å². The molecule has 0 atom stereocenters. The topological polar surface area (TPSA) is 126 Å². The van der Waals surface area contributed by atoms with Gasteiger partial charge in [0, 0.05) is 35.8 Å². The number of amides is 1. The molecule has 3 N–H and O–H groups in total. The number of hydrogen-bond acceptors (Lipinski definition) is 5. The van der Waals surface area contributed by atoms with Gasteiger partial charge in [-0.1, -0.05) is 12.1 Å². The van der Waals surface area contributed by atoms with Crippen LogP contribution in [0, 0.1) is 12.7 Å². The fourth-order valence-electron chi connectivity index (χ4n) is 3.66. The van der Waals surface area contributed by atoms with E-state index in [1.165, 1.54) is 30.3 Å². The van der Waals surface area contributed by atoms with Gasteiger partial charge in [-0.25, -0.2) is 23.9 Å². The highest BCUT2D eigenvalue weighted by Gasteiger charge is 2.36. The number of alkyl halides is 3. The van der Waals surface area contributed by atoms with Crippen molar-refractivity contribution in [3.05, 3.63) is 94.4 Å². The quantitative estimate of drug-likeness (QED) is 0.309. The average molecular weight is 512 g/mol. The summed E-state index contributed by atoms with van der Waals surface area (Å²) in [6.45, 7) is 1.73. The summed E-state index contributed by atoms with van der Waals surface area (Å²) in [5.74, 6) is -1.07. The molecule has 188 valence electrons. The first kappa shape index (κ1) is 23.7. The third-order valence-corrected chi connectivity index (χ3v) is 5.40. The lowest BCUT2D eigenvalue weighted by Crippen LogP contribution is -2.18. The van der Waals surface area contributed by atoms with Crippen LogP contribution in [0.25, 0.3) is 22.8 Å². The normalized spacial score (nSPS) is 11.6. The predicted molar refractivity (Wildman–Crippen MR) is 123 cm³/mol. The van der Waals surface area contributed by atoms with Crippen LogP contribution < -0.4 is 11.0 Å². The molecule has 0 fully saturated rings. The zero-order valence-electron chi connectivity index (χ0n) is 18.8. The maximum atomic E-state index is 14.8. The second kappa shape index (κ2) is 8.89. The standard InChI is InChI=1S/C23H16F4N8O2/c1-12-28-7-8-34(12)14-5-6-17(16(24)10-14)29-21(36)18-11-19(23(25,26)27)33-35(18)15-4-2-3-13(9-15)20-30-22(37)32-31-20/h2-11H,1H3,(H,29,36)(H2,30,31,32,37). The van der Waals surface area contributed by atoms with Crippen LogP contribution in [0.15, 0.2) is 65.7 Å². The molecule has 1 amide bonds. The number of carbonyl (C=O) groups excluding carboxylic acids is 1. The number of aromatic amines is 2. The minimum Gasteiger partial charge on any atom is -0.318 e. The van der Waals surface area contributed by atoms with E-state index in [1.807, 2.05) is 0 Å². The molecule has 0 aliphatic heterocycles. The minimum absolute atomic E-state index is 0.0772. The van der Waals surface area contributed by atoms with E-state index in [0.717, 1.165) is 10.7 Å². The number of halogens is 4. The van der Waals surface area contributed by atoms with Crippen molar-refractivity contribution < 1.29 is 22.4 Å². The van der Waals surface area contributed by atoms with Gasteiger partial charge >= 0.3 is 11.9 Å². The molecular formula is C23H16F4N8O2. The van der Waals surface area contributed by atoms with Crippen LogP contribution in [0.3, 0.4) is 0 Å². The molecule has 3 aromatic heterocycles. The maximum Gasteiger partial charge on any atom is 0.435 e. The largest absolute Gasteiger partial charge is 0.435 e. The Morgan fingerprint density at radius 2 is 1.89 bits per heavy atom. The molecule has 0 aliphatic rings. The van der Waals surface area contributed by atoms with Crippen molar-refractivity contribution in [2.24, 2.45) is 0 Å². The van der Waals surface area contributed by atoms with E-state index in [-0.39, 0.29) is 17.2 Å². The van der Waals surface area contributed by atoms with Crippen LogP contribution >= 0.6 is 0 Å². The highest BCUT2D eigenvalue weighted by molar-refractivity contribution is 6.03. The van der Waals surface area contributed by atoms with Gasteiger partial charge in [-0.3, -0.25) is 9.78 Å². The van der Waals surface area contributed by atoms with Gasteiger partial charge in [0.15, 0.2) is 11.5 Å². The number of anilines is 1. The molecule has 5 rings (SSSR count). The molecule has 0 radical (unpaired) electrons. The van der Waals surface area contributed by atoms with E-state index < -0.39 is 35.0 Å². The number of rotatable bonds is 5. The zero-order chi connectivity index (χ0) is 26.3. The van der Waals surface area contributed by atoms with E-state index in [1.54, 1.807) is 30.0 Å². The van der Waals surface area contributed by atoms with Gasteiger partial charge in [-0.05, 0) is 31.2 Å². The predicted octanol–water partition coefficient (Wildman–Crippen LogP) is 3.86. The van der Waals surface area contributed by atoms with E-state index in [9.17, 15) is 27.2 Å². The smallest absolute Gasteiger partial charge is 0.318 e. The summed E-state index contributed by atoms with van der Waals surface area (Å²) in [6.07, 6.45) is -1.67. The number of benzene rings is 2. The highest BCUT2D eigenvalue weighted by atomic mass is 19.4. The second-order valence-electron chi connectivity index (χ2n) is 7.86. The van der Waals surface area contributed by atoms with Gasteiger partial charge in [0.1, 0.15) is 17.3 Å². The van der Waals surface area contributed by atoms with Gasteiger partial charge in [-0.15, -0.1) is 0 Å². The first-order chi connectivity index (χ1) is 17.6.